The van der Waals surface area contributed by atoms with E-state index in [1.807, 2.05) is 13.8 Å². The van der Waals surface area contributed by atoms with Crippen molar-refractivity contribution in [2.45, 2.75) is 46.0 Å². The molecule has 0 aromatic heterocycles. The zero-order valence-corrected chi connectivity index (χ0v) is 13.1. The molecule has 120 valence electrons. The summed E-state index contributed by atoms with van der Waals surface area (Å²) in [5.74, 6) is -0.533. The van der Waals surface area contributed by atoms with Crippen LogP contribution >= 0.6 is 0 Å². The highest BCUT2D eigenvalue weighted by Gasteiger charge is 2.37. The zero-order valence-electron chi connectivity index (χ0n) is 13.1. The Balaban J connectivity index is 1.94. The second-order valence-corrected chi connectivity index (χ2v) is 7.07. The number of nitrogens with zero attached hydrogens (tertiary/aromatic N) is 1. The van der Waals surface area contributed by atoms with E-state index >= 15 is 0 Å². The van der Waals surface area contributed by atoms with E-state index in [1.165, 1.54) is 0 Å². The largest absolute Gasteiger partial charge is 0.481 e. The third-order valence-corrected chi connectivity index (χ3v) is 4.78. The fourth-order valence-corrected chi connectivity index (χ4v) is 3.55. The molecule has 1 amide bonds. The van der Waals surface area contributed by atoms with Crippen LogP contribution in [0.5, 0.6) is 0 Å². The zero-order chi connectivity index (χ0) is 15.5. The Morgan fingerprint density at radius 1 is 1.24 bits per heavy atom. The summed E-state index contributed by atoms with van der Waals surface area (Å²) in [7, 11) is 0. The fourth-order valence-electron chi connectivity index (χ4n) is 3.55. The number of rotatable bonds is 4. The van der Waals surface area contributed by atoms with E-state index in [0.29, 0.717) is 25.4 Å². The maximum Gasteiger partial charge on any atom is 0.308 e. The van der Waals surface area contributed by atoms with Crippen molar-refractivity contribution >= 4 is 11.9 Å². The highest BCUT2D eigenvalue weighted by Crippen LogP contribution is 2.33. The maximum atomic E-state index is 12.8. The number of carboxylic acids is 1. The van der Waals surface area contributed by atoms with Crippen molar-refractivity contribution < 1.29 is 19.4 Å². The first kappa shape index (κ1) is 16.3. The van der Waals surface area contributed by atoms with Gasteiger partial charge in [0.05, 0.1) is 5.92 Å². The molecule has 0 aromatic carbocycles. The Labute approximate surface area is 126 Å². The average molecular weight is 297 g/mol. The van der Waals surface area contributed by atoms with Crippen LogP contribution in [0.2, 0.25) is 0 Å². The molecule has 2 aliphatic heterocycles. The smallest absolute Gasteiger partial charge is 0.308 e. The van der Waals surface area contributed by atoms with E-state index in [2.05, 4.69) is 0 Å². The van der Waals surface area contributed by atoms with Crippen molar-refractivity contribution in [3.05, 3.63) is 0 Å². The Morgan fingerprint density at radius 3 is 2.52 bits per heavy atom. The lowest BCUT2D eigenvalue weighted by Gasteiger charge is -2.38. The first-order chi connectivity index (χ1) is 9.90. The second kappa shape index (κ2) is 6.77. The molecule has 0 aliphatic carbocycles. The van der Waals surface area contributed by atoms with Crippen LogP contribution in [0.3, 0.4) is 0 Å². The molecule has 0 saturated carbocycles. The highest BCUT2D eigenvalue weighted by atomic mass is 16.5. The number of hydrogen-bond acceptors (Lipinski definition) is 3. The quantitative estimate of drug-likeness (QED) is 0.863. The Kier molecular flexibility index (Phi) is 5.25. The molecule has 21 heavy (non-hydrogen) atoms. The average Bonchev–Trinajstić information content (AvgIpc) is 2.47. The van der Waals surface area contributed by atoms with Crippen molar-refractivity contribution in [3.63, 3.8) is 0 Å². The predicted octanol–water partition coefficient (Wildman–Crippen LogP) is 2.15. The van der Waals surface area contributed by atoms with Crippen molar-refractivity contribution in [2.24, 2.45) is 17.3 Å². The third kappa shape index (κ3) is 4.19. The molecule has 2 heterocycles. The molecule has 2 fully saturated rings. The molecule has 2 saturated heterocycles. The minimum absolute atomic E-state index is 0.111. The number of piperidine rings is 1. The molecule has 0 radical (unpaired) electrons. The van der Waals surface area contributed by atoms with E-state index in [0.717, 1.165) is 38.9 Å². The molecule has 1 atom stereocenters. The van der Waals surface area contributed by atoms with Crippen LogP contribution in [0.15, 0.2) is 0 Å². The standard InChI is InChI=1S/C16H27NO4/c1-16(2,10-12-5-8-21-9-6-12)15(20)17-7-3-4-13(11-17)14(18)19/h12-13H,3-11H2,1-2H3,(H,18,19). The van der Waals surface area contributed by atoms with E-state index in [4.69, 9.17) is 9.84 Å². The molecule has 2 aliphatic rings. The van der Waals surface area contributed by atoms with Crippen molar-refractivity contribution in [3.8, 4) is 0 Å². The Hall–Kier alpha value is -1.10. The van der Waals surface area contributed by atoms with Gasteiger partial charge in [0, 0.05) is 31.7 Å². The molecule has 0 bridgehead atoms. The van der Waals surface area contributed by atoms with Gasteiger partial charge in [-0.1, -0.05) is 13.8 Å². The Bertz CT molecular complexity index is 388. The van der Waals surface area contributed by atoms with Crippen LogP contribution in [-0.2, 0) is 14.3 Å². The van der Waals surface area contributed by atoms with Crippen LogP contribution in [0.4, 0.5) is 0 Å². The lowest BCUT2D eigenvalue weighted by molar-refractivity contribution is -0.149. The lowest BCUT2D eigenvalue weighted by Crippen LogP contribution is -2.48. The summed E-state index contributed by atoms with van der Waals surface area (Å²) in [6.07, 6.45) is 4.38. The van der Waals surface area contributed by atoms with Crippen LogP contribution in [0.25, 0.3) is 0 Å². The van der Waals surface area contributed by atoms with E-state index in [9.17, 15) is 9.59 Å². The summed E-state index contributed by atoms with van der Waals surface area (Å²) in [5, 5.41) is 9.15. The monoisotopic (exact) mass is 297 g/mol. The summed E-state index contributed by atoms with van der Waals surface area (Å²) >= 11 is 0. The van der Waals surface area contributed by atoms with Gasteiger partial charge in [-0.3, -0.25) is 9.59 Å². The van der Waals surface area contributed by atoms with Gasteiger partial charge in [0.1, 0.15) is 0 Å². The topological polar surface area (TPSA) is 66.8 Å². The summed E-state index contributed by atoms with van der Waals surface area (Å²) < 4.78 is 5.37. The van der Waals surface area contributed by atoms with Crippen LogP contribution in [-0.4, -0.2) is 48.2 Å². The van der Waals surface area contributed by atoms with Gasteiger partial charge < -0.3 is 14.7 Å². The van der Waals surface area contributed by atoms with Crippen LogP contribution in [0.1, 0.15) is 46.0 Å². The number of likely N-dealkylation sites (tertiary alicyclic amines) is 1. The van der Waals surface area contributed by atoms with Gasteiger partial charge in [0.2, 0.25) is 5.91 Å². The minimum atomic E-state index is -0.783. The molecule has 1 N–H and O–H groups in total. The number of carbonyl (C=O) groups is 2. The summed E-state index contributed by atoms with van der Waals surface area (Å²) in [6, 6.07) is 0. The number of hydrogen-bond donors (Lipinski definition) is 1. The molecular formula is C16H27NO4. The number of carbonyl (C=O) groups excluding carboxylic acids is 1. The lowest BCUT2D eigenvalue weighted by atomic mass is 9.78. The van der Waals surface area contributed by atoms with Gasteiger partial charge in [-0.15, -0.1) is 0 Å². The minimum Gasteiger partial charge on any atom is -0.481 e. The molecule has 1 unspecified atom stereocenters. The molecule has 5 heteroatoms. The van der Waals surface area contributed by atoms with Gasteiger partial charge in [-0.25, -0.2) is 0 Å². The van der Waals surface area contributed by atoms with Crippen molar-refractivity contribution in [1.82, 2.24) is 4.90 Å². The van der Waals surface area contributed by atoms with Crippen molar-refractivity contribution in [1.29, 1.82) is 0 Å². The van der Waals surface area contributed by atoms with Gasteiger partial charge in [0.25, 0.3) is 0 Å². The first-order valence-corrected chi connectivity index (χ1v) is 8.00. The van der Waals surface area contributed by atoms with Crippen molar-refractivity contribution in [2.75, 3.05) is 26.3 Å². The highest BCUT2D eigenvalue weighted by molar-refractivity contribution is 5.83. The fraction of sp³-hybridized carbons (Fsp3) is 0.875. The molecule has 2 rings (SSSR count). The second-order valence-electron chi connectivity index (χ2n) is 7.07. The molecule has 5 nitrogen and oxygen atoms in total. The third-order valence-electron chi connectivity index (χ3n) is 4.78. The van der Waals surface area contributed by atoms with Gasteiger partial charge >= 0.3 is 5.97 Å². The molecular weight excluding hydrogens is 270 g/mol. The normalized spacial score (nSPS) is 24.9. The van der Waals surface area contributed by atoms with Gasteiger partial charge in [-0.05, 0) is 38.0 Å². The summed E-state index contributed by atoms with van der Waals surface area (Å²) in [4.78, 5) is 25.7. The molecule has 0 spiro atoms. The van der Waals surface area contributed by atoms with E-state index in [1.54, 1.807) is 4.90 Å². The number of amides is 1. The predicted molar refractivity (Wildman–Crippen MR) is 78.9 cm³/mol. The Morgan fingerprint density at radius 2 is 1.90 bits per heavy atom. The number of carboxylic acid groups (broad SMARTS) is 1. The SMILES string of the molecule is CC(C)(CC1CCOCC1)C(=O)N1CCCC(C(=O)O)C1. The van der Waals surface area contributed by atoms with E-state index < -0.39 is 17.3 Å². The number of aliphatic carboxylic acids is 1. The van der Waals surface area contributed by atoms with E-state index in [-0.39, 0.29) is 5.91 Å². The maximum absolute atomic E-state index is 12.8. The van der Waals surface area contributed by atoms with Crippen LogP contribution < -0.4 is 0 Å². The van der Waals surface area contributed by atoms with Gasteiger partial charge in [0.15, 0.2) is 0 Å². The van der Waals surface area contributed by atoms with Crippen LogP contribution in [0, 0.1) is 17.3 Å². The summed E-state index contributed by atoms with van der Waals surface area (Å²) in [6.45, 7) is 6.63. The van der Waals surface area contributed by atoms with Gasteiger partial charge in [-0.2, -0.15) is 0 Å². The number of ether oxygens (including phenoxy) is 1. The summed E-state index contributed by atoms with van der Waals surface area (Å²) in [5.41, 5.74) is -0.414. The molecule has 0 aromatic rings. The first-order valence-electron chi connectivity index (χ1n) is 8.00.